The number of rotatable bonds is 3. The molecule has 1 aliphatic carbocycles. The maximum atomic E-state index is 12.8. The topological polar surface area (TPSA) is 68.5 Å². The van der Waals surface area contributed by atoms with E-state index in [9.17, 15) is 4.79 Å². The highest BCUT2D eigenvalue weighted by molar-refractivity contribution is 6.31. The summed E-state index contributed by atoms with van der Waals surface area (Å²) in [5, 5.41) is 4.51. The van der Waals surface area contributed by atoms with Crippen LogP contribution in [-0.4, -0.2) is 40.1 Å². The molecule has 2 aromatic rings. The molecular weight excluding hydrogens is 330 g/mol. The molecule has 6 nitrogen and oxygen atoms in total. The largest absolute Gasteiger partial charge is 0.487 e. The molecule has 2 aromatic heterocycles. The average Bonchev–Trinajstić information content (AvgIpc) is 3.23. The molecule has 2 aliphatic rings. The standard InChI is InChI=1S/C17H18ClN3O3/c18-13-9-19-7-5-15(13)23-11-6-8-21(10-11)17(22)16-12-3-1-2-4-14(12)24-20-16/h5,7,9,11H,1-4,6,8,10H2/t11-/m1/s1. The number of hydrogen-bond donors (Lipinski definition) is 0. The van der Waals surface area contributed by atoms with Crippen LogP contribution in [0.4, 0.5) is 0 Å². The third-order valence-electron chi connectivity index (χ3n) is 4.61. The van der Waals surface area contributed by atoms with Crippen molar-refractivity contribution < 1.29 is 14.1 Å². The Morgan fingerprint density at radius 3 is 3.12 bits per heavy atom. The van der Waals surface area contributed by atoms with Crippen molar-refractivity contribution in [2.24, 2.45) is 0 Å². The van der Waals surface area contributed by atoms with Gasteiger partial charge in [-0.05, 0) is 19.3 Å². The number of ether oxygens (including phenoxy) is 1. The molecule has 1 fully saturated rings. The minimum atomic E-state index is -0.0726. The van der Waals surface area contributed by atoms with Crippen molar-refractivity contribution in [2.75, 3.05) is 13.1 Å². The van der Waals surface area contributed by atoms with Crippen molar-refractivity contribution in [2.45, 2.75) is 38.2 Å². The Bertz CT molecular complexity index is 761. The third kappa shape index (κ3) is 2.86. The van der Waals surface area contributed by atoms with Crippen LogP contribution < -0.4 is 4.74 Å². The van der Waals surface area contributed by atoms with Crippen LogP contribution in [0.3, 0.4) is 0 Å². The van der Waals surface area contributed by atoms with E-state index >= 15 is 0 Å². The normalized spacial score (nSPS) is 20.0. The summed E-state index contributed by atoms with van der Waals surface area (Å²) < 4.78 is 11.3. The second-order valence-electron chi connectivity index (χ2n) is 6.23. The summed E-state index contributed by atoms with van der Waals surface area (Å²) in [7, 11) is 0. The van der Waals surface area contributed by atoms with E-state index < -0.39 is 0 Å². The first-order valence-electron chi connectivity index (χ1n) is 8.25. The van der Waals surface area contributed by atoms with Crippen molar-refractivity contribution in [3.8, 4) is 5.75 Å². The number of halogens is 1. The Morgan fingerprint density at radius 1 is 1.38 bits per heavy atom. The van der Waals surface area contributed by atoms with Crippen molar-refractivity contribution in [3.05, 3.63) is 40.5 Å². The van der Waals surface area contributed by atoms with Crippen molar-refractivity contribution >= 4 is 17.5 Å². The first kappa shape index (κ1) is 15.4. The zero-order valence-corrected chi connectivity index (χ0v) is 14.0. The zero-order valence-electron chi connectivity index (χ0n) is 13.2. The van der Waals surface area contributed by atoms with Gasteiger partial charge in [0.1, 0.15) is 22.6 Å². The van der Waals surface area contributed by atoms with Crippen LogP contribution in [0.2, 0.25) is 5.02 Å². The van der Waals surface area contributed by atoms with Gasteiger partial charge in [-0.1, -0.05) is 16.8 Å². The Labute approximate surface area is 144 Å². The first-order valence-corrected chi connectivity index (χ1v) is 8.63. The van der Waals surface area contributed by atoms with Gasteiger partial charge in [-0.25, -0.2) is 0 Å². The lowest BCUT2D eigenvalue weighted by Crippen LogP contribution is -2.32. The molecule has 0 radical (unpaired) electrons. The Hall–Kier alpha value is -2.08. The molecule has 0 bridgehead atoms. The monoisotopic (exact) mass is 347 g/mol. The highest BCUT2D eigenvalue weighted by atomic mass is 35.5. The fourth-order valence-corrected chi connectivity index (χ4v) is 3.51. The molecule has 126 valence electrons. The third-order valence-corrected chi connectivity index (χ3v) is 4.90. The molecule has 1 amide bonds. The van der Waals surface area contributed by atoms with Gasteiger partial charge in [0.05, 0.1) is 6.54 Å². The van der Waals surface area contributed by atoms with E-state index in [1.54, 1.807) is 23.4 Å². The number of aromatic nitrogens is 2. The fraction of sp³-hybridized carbons (Fsp3) is 0.471. The SMILES string of the molecule is O=C(c1noc2c1CCCC2)N1CC[C@@H](Oc2ccncc2Cl)C1. The summed E-state index contributed by atoms with van der Waals surface area (Å²) in [6.45, 7) is 1.17. The predicted octanol–water partition coefficient (Wildman–Crippen LogP) is 2.90. The second kappa shape index (κ2) is 6.43. The molecule has 7 heteroatoms. The van der Waals surface area contributed by atoms with Crippen LogP contribution in [0.1, 0.15) is 41.1 Å². The molecule has 0 N–H and O–H groups in total. The van der Waals surface area contributed by atoms with Gasteiger partial charge in [0.2, 0.25) is 0 Å². The van der Waals surface area contributed by atoms with Crippen LogP contribution in [0.5, 0.6) is 5.75 Å². The van der Waals surface area contributed by atoms with Gasteiger partial charge in [0.25, 0.3) is 5.91 Å². The molecular formula is C17H18ClN3O3. The van der Waals surface area contributed by atoms with E-state index in [4.69, 9.17) is 20.9 Å². The second-order valence-corrected chi connectivity index (χ2v) is 6.63. The van der Waals surface area contributed by atoms with Gasteiger partial charge in [0, 0.05) is 43.4 Å². The Morgan fingerprint density at radius 2 is 2.25 bits per heavy atom. The lowest BCUT2D eigenvalue weighted by Gasteiger charge is -2.17. The number of aryl methyl sites for hydroxylation is 1. The molecule has 1 saturated heterocycles. The average molecular weight is 348 g/mol. The number of pyridine rings is 1. The fourth-order valence-electron chi connectivity index (χ4n) is 3.35. The van der Waals surface area contributed by atoms with Gasteiger partial charge in [-0.15, -0.1) is 0 Å². The first-order chi connectivity index (χ1) is 11.7. The van der Waals surface area contributed by atoms with Crippen LogP contribution in [0.25, 0.3) is 0 Å². The highest BCUT2D eigenvalue weighted by Crippen LogP contribution is 2.28. The number of nitrogens with zero attached hydrogens (tertiary/aromatic N) is 3. The van der Waals surface area contributed by atoms with E-state index in [-0.39, 0.29) is 12.0 Å². The van der Waals surface area contributed by atoms with Crippen molar-refractivity contribution in [1.82, 2.24) is 15.0 Å². The van der Waals surface area contributed by atoms with Crippen LogP contribution in [-0.2, 0) is 12.8 Å². The zero-order chi connectivity index (χ0) is 16.5. The van der Waals surface area contributed by atoms with Gasteiger partial charge in [0.15, 0.2) is 5.69 Å². The van der Waals surface area contributed by atoms with E-state index in [0.717, 1.165) is 43.4 Å². The molecule has 1 atom stereocenters. The predicted molar refractivity (Wildman–Crippen MR) is 87.3 cm³/mol. The highest BCUT2D eigenvalue weighted by Gasteiger charge is 2.33. The summed E-state index contributed by atoms with van der Waals surface area (Å²) in [6, 6.07) is 1.74. The number of carbonyl (C=O) groups is 1. The van der Waals surface area contributed by atoms with Crippen LogP contribution >= 0.6 is 11.6 Å². The maximum absolute atomic E-state index is 12.8. The number of hydrogen-bond acceptors (Lipinski definition) is 5. The number of likely N-dealkylation sites (tertiary alicyclic amines) is 1. The maximum Gasteiger partial charge on any atom is 0.276 e. The summed E-state index contributed by atoms with van der Waals surface area (Å²) in [5.74, 6) is 1.42. The number of fused-ring (bicyclic) bond motifs is 1. The van der Waals surface area contributed by atoms with Gasteiger partial charge >= 0.3 is 0 Å². The Kier molecular flexibility index (Phi) is 4.14. The molecule has 0 aromatic carbocycles. The molecule has 0 spiro atoms. The molecule has 3 heterocycles. The molecule has 4 rings (SSSR count). The van der Waals surface area contributed by atoms with E-state index in [0.29, 0.717) is 29.6 Å². The van der Waals surface area contributed by atoms with Crippen LogP contribution in [0.15, 0.2) is 23.0 Å². The summed E-state index contributed by atoms with van der Waals surface area (Å²) in [4.78, 5) is 18.5. The van der Waals surface area contributed by atoms with Crippen LogP contribution in [0, 0.1) is 0 Å². The summed E-state index contributed by atoms with van der Waals surface area (Å²) in [5.41, 5.74) is 1.47. The summed E-state index contributed by atoms with van der Waals surface area (Å²) in [6.07, 6.45) is 7.82. The van der Waals surface area contributed by atoms with Gasteiger partial charge in [-0.2, -0.15) is 0 Å². The van der Waals surface area contributed by atoms with E-state index in [1.165, 1.54) is 0 Å². The summed E-state index contributed by atoms with van der Waals surface area (Å²) >= 11 is 6.07. The van der Waals surface area contributed by atoms with Crippen molar-refractivity contribution in [1.29, 1.82) is 0 Å². The Balaban J connectivity index is 1.44. The lowest BCUT2D eigenvalue weighted by atomic mass is 9.96. The van der Waals surface area contributed by atoms with Crippen molar-refractivity contribution in [3.63, 3.8) is 0 Å². The minimum absolute atomic E-state index is 0.0613. The molecule has 1 aliphatic heterocycles. The molecule has 0 unspecified atom stereocenters. The van der Waals surface area contributed by atoms with Gasteiger partial charge < -0.3 is 14.2 Å². The smallest absolute Gasteiger partial charge is 0.276 e. The molecule has 24 heavy (non-hydrogen) atoms. The number of amides is 1. The quantitative estimate of drug-likeness (QED) is 0.854. The van der Waals surface area contributed by atoms with Gasteiger partial charge in [-0.3, -0.25) is 9.78 Å². The minimum Gasteiger partial charge on any atom is -0.487 e. The van der Waals surface area contributed by atoms with E-state index in [2.05, 4.69) is 10.1 Å². The van der Waals surface area contributed by atoms with E-state index in [1.807, 2.05) is 0 Å². The molecule has 0 saturated carbocycles. The number of carbonyl (C=O) groups excluding carboxylic acids is 1. The lowest BCUT2D eigenvalue weighted by molar-refractivity contribution is 0.0761.